The first-order valence-electron chi connectivity index (χ1n) is 3.79. The van der Waals surface area contributed by atoms with Gasteiger partial charge in [-0.25, -0.2) is 4.79 Å². The Hall–Kier alpha value is -1.29. The van der Waals surface area contributed by atoms with Gasteiger partial charge in [0.2, 0.25) is 0 Å². The summed E-state index contributed by atoms with van der Waals surface area (Å²) in [5.41, 5.74) is 0.279. The lowest BCUT2D eigenvalue weighted by Crippen LogP contribution is -1.92. The second-order valence-corrected chi connectivity index (χ2v) is 3.27. The van der Waals surface area contributed by atoms with Crippen LogP contribution in [0.4, 0.5) is 0 Å². The molecule has 4 heteroatoms. The summed E-state index contributed by atoms with van der Waals surface area (Å²) in [6.07, 6.45) is 0. The van der Waals surface area contributed by atoms with Crippen molar-refractivity contribution in [3.8, 4) is 0 Å². The number of carboxylic acid groups (broad SMARTS) is 1. The molecule has 0 saturated heterocycles. The maximum absolute atomic E-state index is 10.5. The number of carboxylic acids is 1. The van der Waals surface area contributed by atoms with Crippen molar-refractivity contribution in [2.45, 2.75) is 6.92 Å². The van der Waals surface area contributed by atoms with Crippen molar-refractivity contribution in [2.75, 3.05) is 6.61 Å². The lowest BCUT2D eigenvalue weighted by atomic mass is 10.3. The predicted octanol–water partition coefficient (Wildman–Crippen LogP) is 2.45. The Morgan fingerprint density at radius 3 is 2.92 bits per heavy atom. The van der Waals surface area contributed by atoms with Gasteiger partial charge >= 0.3 is 5.97 Å². The van der Waals surface area contributed by atoms with Gasteiger partial charge in [0, 0.05) is 5.38 Å². The molecule has 0 radical (unpaired) electrons. The third-order valence-electron chi connectivity index (χ3n) is 1.44. The molecule has 0 amide bonds. The molecular weight excluding hydrogens is 188 g/mol. The van der Waals surface area contributed by atoms with Crippen molar-refractivity contribution < 1.29 is 14.6 Å². The molecule has 13 heavy (non-hydrogen) atoms. The molecule has 0 saturated carbocycles. The smallest absolute Gasteiger partial charge is 0.336 e. The summed E-state index contributed by atoms with van der Waals surface area (Å²) in [7, 11) is 0. The zero-order chi connectivity index (χ0) is 9.84. The summed E-state index contributed by atoms with van der Waals surface area (Å²) in [6, 6.07) is 1.56. The van der Waals surface area contributed by atoms with Crippen LogP contribution in [-0.2, 0) is 4.74 Å². The third-order valence-corrected chi connectivity index (χ3v) is 2.41. The molecule has 1 N–H and O–H groups in total. The molecule has 0 aliphatic rings. The highest BCUT2D eigenvalue weighted by molar-refractivity contribution is 7.11. The molecule has 70 valence electrons. The summed E-state index contributed by atoms with van der Waals surface area (Å²) in [6.45, 7) is 6.08. The van der Waals surface area contributed by atoms with Crippen LogP contribution in [0.1, 0.15) is 22.2 Å². The molecule has 0 bridgehead atoms. The highest BCUT2D eigenvalue weighted by Crippen LogP contribution is 2.22. The molecule has 0 aliphatic carbocycles. The van der Waals surface area contributed by atoms with Crippen LogP contribution >= 0.6 is 11.3 Å². The van der Waals surface area contributed by atoms with Gasteiger partial charge in [-0.05, 0) is 13.0 Å². The lowest BCUT2D eigenvalue weighted by molar-refractivity contribution is 0.0697. The van der Waals surface area contributed by atoms with E-state index in [4.69, 9.17) is 9.84 Å². The Balaban J connectivity index is 2.79. The second kappa shape index (κ2) is 4.09. The van der Waals surface area contributed by atoms with E-state index in [0.717, 1.165) is 4.88 Å². The Labute approximate surface area is 80.3 Å². The van der Waals surface area contributed by atoms with Gasteiger partial charge in [-0.3, -0.25) is 0 Å². The fourth-order valence-electron chi connectivity index (χ4n) is 0.840. The number of carbonyl (C=O) groups is 1. The molecule has 0 aliphatic heterocycles. The van der Waals surface area contributed by atoms with E-state index in [1.165, 1.54) is 11.3 Å². The SMILES string of the molecule is C=C(OCC)c1cc(C(=O)O)cs1. The van der Waals surface area contributed by atoms with Gasteiger partial charge in [-0.15, -0.1) is 11.3 Å². The van der Waals surface area contributed by atoms with Crippen molar-refractivity contribution in [3.63, 3.8) is 0 Å². The van der Waals surface area contributed by atoms with Crippen LogP contribution < -0.4 is 0 Å². The molecule has 1 rings (SSSR count). The molecule has 1 heterocycles. The highest BCUT2D eigenvalue weighted by Gasteiger charge is 2.08. The standard InChI is InChI=1S/C9H10O3S/c1-3-12-6(2)8-4-7(5-13-8)9(10)11/h4-5H,2-3H2,1H3,(H,10,11). The van der Waals surface area contributed by atoms with Gasteiger partial charge in [0.05, 0.1) is 17.0 Å². The normalized spacial score (nSPS) is 9.62. The first-order valence-corrected chi connectivity index (χ1v) is 4.67. The maximum Gasteiger partial charge on any atom is 0.336 e. The Morgan fingerprint density at radius 1 is 1.77 bits per heavy atom. The maximum atomic E-state index is 10.5. The summed E-state index contributed by atoms with van der Waals surface area (Å²) in [4.78, 5) is 11.3. The van der Waals surface area contributed by atoms with Gasteiger partial charge in [0.1, 0.15) is 5.76 Å². The zero-order valence-corrected chi connectivity index (χ0v) is 8.06. The van der Waals surface area contributed by atoms with Gasteiger partial charge < -0.3 is 9.84 Å². The molecule has 0 spiro atoms. The van der Waals surface area contributed by atoms with Crippen molar-refractivity contribution in [3.05, 3.63) is 28.5 Å². The lowest BCUT2D eigenvalue weighted by Gasteiger charge is -2.02. The van der Waals surface area contributed by atoms with E-state index >= 15 is 0 Å². The quantitative estimate of drug-likeness (QED) is 0.756. The van der Waals surface area contributed by atoms with Crippen LogP contribution in [0.5, 0.6) is 0 Å². The van der Waals surface area contributed by atoms with Crippen molar-refractivity contribution >= 4 is 23.1 Å². The first-order chi connectivity index (χ1) is 6.15. The molecule has 0 fully saturated rings. The summed E-state index contributed by atoms with van der Waals surface area (Å²) in [5, 5.41) is 10.2. The van der Waals surface area contributed by atoms with Gasteiger partial charge in [0.15, 0.2) is 0 Å². The number of hydrogen-bond donors (Lipinski definition) is 1. The van der Waals surface area contributed by atoms with Gasteiger partial charge in [0.25, 0.3) is 0 Å². The topological polar surface area (TPSA) is 46.5 Å². The van der Waals surface area contributed by atoms with E-state index < -0.39 is 5.97 Å². The third kappa shape index (κ3) is 2.32. The predicted molar refractivity (Wildman–Crippen MR) is 51.9 cm³/mol. The van der Waals surface area contributed by atoms with Crippen LogP contribution in [0, 0.1) is 0 Å². The number of rotatable bonds is 4. The van der Waals surface area contributed by atoms with E-state index in [1.807, 2.05) is 6.92 Å². The zero-order valence-electron chi connectivity index (χ0n) is 7.24. The minimum atomic E-state index is -0.924. The molecule has 1 aromatic heterocycles. The first kappa shape index (κ1) is 9.80. The Kier molecular flexibility index (Phi) is 3.08. The van der Waals surface area contributed by atoms with Gasteiger partial charge in [-0.2, -0.15) is 0 Å². The van der Waals surface area contributed by atoms with E-state index in [-0.39, 0.29) is 5.56 Å². The Morgan fingerprint density at radius 2 is 2.46 bits per heavy atom. The average Bonchev–Trinajstić information content (AvgIpc) is 2.52. The molecular formula is C9H10O3S. The van der Waals surface area contributed by atoms with Crippen LogP contribution in [0.15, 0.2) is 18.0 Å². The minimum absolute atomic E-state index is 0.279. The van der Waals surface area contributed by atoms with E-state index in [9.17, 15) is 4.79 Å². The highest BCUT2D eigenvalue weighted by atomic mass is 32.1. The number of hydrogen-bond acceptors (Lipinski definition) is 3. The average molecular weight is 198 g/mol. The van der Waals surface area contributed by atoms with Crippen LogP contribution in [0.3, 0.4) is 0 Å². The Bertz CT molecular complexity index is 327. The van der Waals surface area contributed by atoms with Gasteiger partial charge in [-0.1, -0.05) is 6.58 Å². The fourth-order valence-corrected chi connectivity index (χ4v) is 1.65. The molecule has 0 unspecified atom stereocenters. The van der Waals surface area contributed by atoms with Crippen molar-refractivity contribution in [2.24, 2.45) is 0 Å². The summed E-state index contributed by atoms with van der Waals surface area (Å²) in [5.74, 6) is -0.396. The van der Waals surface area contributed by atoms with Crippen LogP contribution in [0.25, 0.3) is 5.76 Å². The van der Waals surface area contributed by atoms with Crippen LogP contribution in [0.2, 0.25) is 0 Å². The summed E-state index contributed by atoms with van der Waals surface area (Å²) < 4.78 is 5.14. The summed E-state index contributed by atoms with van der Waals surface area (Å²) >= 11 is 1.32. The second-order valence-electron chi connectivity index (χ2n) is 2.36. The number of thiophene rings is 1. The largest absolute Gasteiger partial charge is 0.493 e. The fraction of sp³-hybridized carbons (Fsp3) is 0.222. The minimum Gasteiger partial charge on any atom is -0.493 e. The van der Waals surface area contributed by atoms with Crippen molar-refractivity contribution in [1.29, 1.82) is 0 Å². The number of aromatic carboxylic acids is 1. The van der Waals surface area contributed by atoms with E-state index in [2.05, 4.69) is 6.58 Å². The van der Waals surface area contributed by atoms with E-state index in [1.54, 1.807) is 11.4 Å². The number of ether oxygens (including phenoxy) is 1. The molecule has 0 aromatic carbocycles. The molecule has 0 atom stereocenters. The van der Waals surface area contributed by atoms with E-state index in [0.29, 0.717) is 12.4 Å². The van der Waals surface area contributed by atoms with Crippen LogP contribution in [-0.4, -0.2) is 17.7 Å². The molecule has 1 aromatic rings. The van der Waals surface area contributed by atoms with Crippen molar-refractivity contribution in [1.82, 2.24) is 0 Å². The monoisotopic (exact) mass is 198 g/mol. The molecule has 3 nitrogen and oxygen atoms in total.